The second-order valence-electron chi connectivity index (χ2n) is 11.3. The van der Waals surface area contributed by atoms with Crippen LogP contribution in [0, 0.1) is 12.8 Å². The molecule has 4 aromatic rings. The Kier molecular flexibility index (Phi) is 6.60. The zero-order chi connectivity index (χ0) is 29.2. The van der Waals surface area contributed by atoms with Crippen molar-refractivity contribution < 1.29 is 22.7 Å². The number of rotatable bonds is 6. The van der Waals surface area contributed by atoms with Crippen molar-refractivity contribution in [2.45, 2.75) is 62.9 Å². The zero-order valence-corrected chi connectivity index (χ0v) is 24.8. The highest BCUT2D eigenvalue weighted by atomic mass is 32.2. The highest BCUT2D eigenvalue weighted by Gasteiger charge is 2.56. The van der Waals surface area contributed by atoms with E-state index in [0.717, 1.165) is 11.8 Å². The summed E-state index contributed by atoms with van der Waals surface area (Å²) in [4.78, 5) is 15.9. The maximum atomic E-state index is 14.4. The fourth-order valence-electron chi connectivity index (χ4n) is 7.31. The Hall–Kier alpha value is -3.72. The standard InChI is InChI=1S/C34H34N2O5S/c1-4-25-26(34(37)40-5-2)20-28(35-32-30(41-33(25)35)19-23-14-11-12-21(3)31(23)32)29-18-22-13-9-10-17-27(22)36(29)42(38,39)24-15-7-6-8-16-24/h6-18,20,25,28,30,32-33H,4-5,19H2,1-3H3/t25-,28+,30+,32+,33+/m0/s1. The highest BCUT2D eigenvalue weighted by molar-refractivity contribution is 7.90. The summed E-state index contributed by atoms with van der Waals surface area (Å²) in [5.41, 5.74) is 5.40. The van der Waals surface area contributed by atoms with Gasteiger partial charge in [0.1, 0.15) is 6.23 Å². The number of aromatic nitrogens is 1. The Morgan fingerprint density at radius 2 is 1.76 bits per heavy atom. The molecule has 7 rings (SSSR count). The van der Waals surface area contributed by atoms with Crippen LogP contribution in [0.2, 0.25) is 0 Å². The minimum absolute atomic E-state index is 0.0730. The van der Waals surface area contributed by atoms with Gasteiger partial charge in [0.2, 0.25) is 0 Å². The van der Waals surface area contributed by atoms with Crippen LogP contribution >= 0.6 is 0 Å². The molecular formula is C34H34N2O5S. The predicted molar refractivity (Wildman–Crippen MR) is 160 cm³/mol. The molecule has 0 N–H and O–H groups in total. The number of carbonyl (C=O) groups excluding carboxylic acids is 1. The first kappa shape index (κ1) is 27.1. The largest absolute Gasteiger partial charge is 0.463 e. The Bertz CT molecular complexity index is 1830. The Balaban J connectivity index is 1.50. The zero-order valence-electron chi connectivity index (χ0n) is 23.9. The Morgan fingerprint density at radius 3 is 2.52 bits per heavy atom. The summed E-state index contributed by atoms with van der Waals surface area (Å²) in [5, 5.41) is 0.812. The normalized spacial score (nSPS) is 25.1. The van der Waals surface area contributed by atoms with Gasteiger partial charge in [-0.25, -0.2) is 17.2 Å². The lowest BCUT2D eigenvalue weighted by atomic mass is 9.85. The van der Waals surface area contributed by atoms with Crippen LogP contribution < -0.4 is 0 Å². The van der Waals surface area contributed by atoms with Gasteiger partial charge in [0.15, 0.2) is 0 Å². The summed E-state index contributed by atoms with van der Waals surface area (Å²) >= 11 is 0. The molecule has 3 heterocycles. The Morgan fingerprint density at radius 1 is 1.00 bits per heavy atom. The molecule has 7 nitrogen and oxygen atoms in total. The molecule has 216 valence electrons. The average molecular weight is 583 g/mol. The van der Waals surface area contributed by atoms with E-state index in [4.69, 9.17) is 9.47 Å². The van der Waals surface area contributed by atoms with E-state index in [1.54, 1.807) is 37.3 Å². The monoisotopic (exact) mass is 582 g/mol. The molecule has 0 bridgehead atoms. The minimum atomic E-state index is -3.99. The van der Waals surface area contributed by atoms with Crippen LogP contribution in [0.15, 0.2) is 95.4 Å². The van der Waals surface area contributed by atoms with Crippen molar-refractivity contribution in [1.82, 2.24) is 8.87 Å². The number of benzene rings is 3. The lowest BCUT2D eigenvalue weighted by Gasteiger charge is -2.42. The van der Waals surface area contributed by atoms with E-state index in [0.29, 0.717) is 23.2 Å². The van der Waals surface area contributed by atoms with E-state index in [1.807, 2.05) is 36.4 Å². The summed E-state index contributed by atoms with van der Waals surface area (Å²) in [6.07, 6.45) is 2.90. The average Bonchev–Trinajstić information content (AvgIpc) is 3.67. The van der Waals surface area contributed by atoms with Gasteiger partial charge in [-0.1, -0.05) is 67.6 Å². The van der Waals surface area contributed by atoms with Crippen LogP contribution in [-0.4, -0.2) is 42.2 Å². The number of para-hydroxylation sites is 1. The van der Waals surface area contributed by atoms with E-state index in [9.17, 15) is 13.2 Å². The molecule has 1 fully saturated rings. The molecule has 1 aromatic heterocycles. The van der Waals surface area contributed by atoms with Crippen LogP contribution in [-0.2, 0) is 30.7 Å². The van der Waals surface area contributed by atoms with Crippen LogP contribution in [0.5, 0.6) is 0 Å². The fraction of sp³-hybridized carbons (Fsp3) is 0.324. The van der Waals surface area contributed by atoms with Crippen LogP contribution in [0.3, 0.4) is 0 Å². The topological polar surface area (TPSA) is 77.8 Å². The van der Waals surface area contributed by atoms with Crippen molar-refractivity contribution in [1.29, 1.82) is 0 Å². The Labute approximate surface area is 246 Å². The summed E-state index contributed by atoms with van der Waals surface area (Å²) < 4.78 is 42.6. The molecule has 1 aliphatic carbocycles. The van der Waals surface area contributed by atoms with Gasteiger partial charge in [-0.3, -0.25) is 4.90 Å². The first-order chi connectivity index (χ1) is 20.3. The highest BCUT2D eigenvalue weighted by Crippen LogP contribution is 2.55. The third-order valence-electron chi connectivity index (χ3n) is 9.04. The molecule has 0 radical (unpaired) electrons. The lowest BCUT2D eigenvalue weighted by Crippen LogP contribution is -2.46. The number of nitrogens with zero attached hydrogens (tertiary/aromatic N) is 2. The van der Waals surface area contributed by atoms with Gasteiger partial charge >= 0.3 is 5.97 Å². The van der Waals surface area contributed by atoms with Crippen molar-refractivity contribution >= 4 is 26.9 Å². The van der Waals surface area contributed by atoms with Gasteiger partial charge in [0, 0.05) is 23.3 Å². The molecule has 42 heavy (non-hydrogen) atoms. The first-order valence-corrected chi connectivity index (χ1v) is 16.1. The molecule has 0 saturated carbocycles. The third-order valence-corrected chi connectivity index (χ3v) is 10.8. The fourth-order valence-corrected chi connectivity index (χ4v) is 8.89. The molecule has 8 heteroatoms. The molecule has 3 aliphatic rings. The number of esters is 1. The smallest absolute Gasteiger partial charge is 0.334 e. The van der Waals surface area contributed by atoms with Crippen molar-refractivity contribution in [2.24, 2.45) is 5.92 Å². The summed E-state index contributed by atoms with van der Waals surface area (Å²) in [5.74, 6) is -0.582. The maximum absolute atomic E-state index is 14.4. The van der Waals surface area contributed by atoms with Crippen LogP contribution in [0.1, 0.15) is 54.7 Å². The van der Waals surface area contributed by atoms with Gasteiger partial charge in [-0.15, -0.1) is 0 Å². The number of ether oxygens (including phenoxy) is 2. The van der Waals surface area contributed by atoms with Gasteiger partial charge in [-0.2, -0.15) is 0 Å². The molecule has 5 atom stereocenters. The lowest BCUT2D eigenvalue weighted by molar-refractivity contribution is -0.141. The second kappa shape index (κ2) is 10.2. The molecule has 1 saturated heterocycles. The molecule has 0 amide bonds. The molecule has 0 spiro atoms. The van der Waals surface area contributed by atoms with E-state index in [-0.39, 0.29) is 35.5 Å². The summed E-state index contributed by atoms with van der Waals surface area (Å²) in [6.45, 7) is 6.24. The number of aryl methyl sites for hydroxylation is 1. The number of hydrogen-bond acceptors (Lipinski definition) is 6. The molecule has 2 aliphatic heterocycles. The van der Waals surface area contributed by atoms with Crippen LogP contribution in [0.4, 0.5) is 0 Å². The van der Waals surface area contributed by atoms with Crippen LogP contribution in [0.25, 0.3) is 10.9 Å². The maximum Gasteiger partial charge on any atom is 0.334 e. The van der Waals surface area contributed by atoms with Gasteiger partial charge in [-0.05, 0) is 61.2 Å². The van der Waals surface area contributed by atoms with Gasteiger partial charge < -0.3 is 9.47 Å². The van der Waals surface area contributed by atoms with E-state index in [1.165, 1.54) is 20.7 Å². The van der Waals surface area contributed by atoms with E-state index in [2.05, 4.69) is 36.9 Å². The van der Waals surface area contributed by atoms with Gasteiger partial charge in [0.25, 0.3) is 10.0 Å². The number of hydrogen-bond donors (Lipinski definition) is 0. The predicted octanol–water partition coefficient (Wildman–Crippen LogP) is 6.08. The van der Waals surface area contributed by atoms with Gasteiger partial charge in [0.05, 0.1) is 40.9 Å². The first-order valence-electron chi connectivity index (χ1n) is 14.7. The quantitative estimate of drug-likeness (QED) is 0.257. The second-order valence-corrected chi connectivity index (χ2v) is 13.1. The van der Waals surface area contributed by atoms with E-state index < -0.39 is 22.3 Å². The number of fused-ring (bicyclic) bond motifs is 6. The number of carbonyl (C=O) groups is 1. The minimum Gasteiger partial charge on any atom is -0.463 e. The third kappa shape index (κ3) is 4.00. The van der Waals surface area contributed by atoms with E-state index >= 15 is 0 Å². The van der Waals surface area contributed by atoms with Crippen molar-refractivity contribution in [3.63, 3.8) is 0 Å². The van der Waals surface area contributed by atoms with Crippen molar-refractivity contribution in [3.8, 4) is 0 Å². The SMILES string of the molecule is CCOC(=O)C1=C[C@H](c2cc3ccccc3n2S(=O)(=O)c2ccccc2)N2[C@H](O[C@@H]3Cc4cccc(C)c4[C@@H]32)[C@H]1CC. The van der Waals surface area contributed by atoms with Crippen molar-refractivity contribution in [2.75, 3.05) is 6.61 Å². The molecule has 3 aromatic carbocycles. The molecular weight excluding hydrogens is 548 g/mol. The summed E-state index contributed by atoms with van der Waals surface area (Å²) in [7, 11) is -3.99. The molecule has 0 unspecified atom stereocenters. The summed E-state index contributed by atoms with van der Waals surface area (Å²) in [6, 6.07) is 23.7. The van der Waals surface area contributed by atoms with Crippen molar-refractivity contribution in [3.05, 3.63) is 113 Å².